The van der Waals surface area contributed by atoms with E-state index in [0.717, 1.165) is 28.9 Å². The lowest BCUT2D eigenvalue weighted by Crippen LogP contribution is -2.17. The van der Waals surface area contributed by atoms with Crippen molar-refractivity contribution in [3.63, 3.8) is 0 Å². The molecule has 4 rings (SSSR count). The van der Waals surface area contributed by atoms with Crippen molar-refractivity contribution in [2.75, 3.05) is 37.0 Å². The van der Waals surface area contributed by atoms with Gasteiger partial charge in [-0.05, 0) is 24.1 Å². The molecule has 0 fully saturated rings. The summed E-state index contributed by atoms with van der Waals surface area (Å²) in [6, 6.07) is 5.44. The topological polar surface area (TPSA) is 139 Å². The molecule has 0 radical (unpaired) electrons. The first-order chi connectivity index (χ1) is 15.3. The maximum absolute atomic E-state index is 12.8. The highest BCUT2D eigenvalue weighted by atomic mass is 32.2. The largest absolute Gasteiger partial charge is 0.395 e. The third-order valence-electron chi connectivity index (χ3n) is 5.34. The van der Waals surface area contributed by atoms with Crippen molar-refractivity contribution in [3.8, 4) is 11.3 Å². The zero-order valence-electron chi connectivity index (χ0n) is 17.9. The molecule has 1 aliphatic heterocycles. The number of hydrogen-bond acceptors (Lipinski definition) is 9. The molecule has 0 atom stereocenters. The number of nitrogens with zero attached hydrogens (tertiary/aromatic N) is 3. The van der Waals surface area contributed by atoms with Gasteiger partial charge in [0, 0.05) is 31.3 Å². The van der Waals surface area contributed by atoms with Crippen LogP contribution < -0.4 is 11.1 Å². The Morgan fingerprint density at radius 1 is 1.31 bits per heavy atom. The van der Waals surface area contributed by atoms with Crippen LogP contribution in [0, 0.1) is 0 Å². The number of sulfone groups is 1. The van der Waals surface area contributed by atoms with E-state index in [0.29, 0.717) is 40.4 Å². The molecule has 0 unspecified atom stereocenters. The average Bonchev–Trinajstić information content (AvgIpc) is 3.25. The van der Waals surface area contributed by atoms with Crippen LogP contribution in [0.15, 0.2) is 22.4 Å². The molecular formula is C21H25N5O4S2. The summed E-state index contributed by atoms with van der Waals surface area (Å²) in [7, 11) is -1.79. The van der Waals surface area contributed by atoms with Gasteiger partial charge in [0.15, 0.2) is 15.7 Å². The van der Waals surface area contributed by atoms with E-state index in [9.17, 15) is 18.3 Å². The second kappa shape index (κ2) is 8.64. The van der Waals surface area contributed by atoms with Gasteiger partial charge in [-0.2, -0.15) is 0 Å². The first-order valence-electron chi connectivity index (χ1n) is 10.3. The number of anilines is 2. The van der Waals surface area contributed by atoms with Crippen LogP contribution >= 0.6 is 11.3 Å². The number of benzene rings is 1. The van der Waals surface area contributed by atoms with Gasteiger partial charge in [-0.1, -0.05) is 30.7 Å². The Balaban J connectivity index is 1.86. The van der Waals surface area contributed by atoms with Crippen molar-refractivity contribution in [2.24, 2.45) is 0 Å². The number of unbranched alkanes of at least 4 members (excludes halogenated alkanes) is 1. The fourth-order valence-electron chi connectivity index (χ4n) is 3.68. The molecule has 0 bridgehead atoms. The number of hydrogen-bond donors (Lipinski definition) is 3. The summed E-state index contributed by atoms with van der Waals surface area (Å²) in [5.41, 5.74) is 9.42. The van der Waals surface area contributed by atoms with Crippen molar-refractivity contribution in [1.82, 2.24) is 14.9 Å². The summed E-state index contributed by atoms with van der Waals surface area (Å²) in [5.74, 6) is 0.411. The molecule has 1 amide bonds. The Kier molecular flexibility index (Phi) is 6.06. The van der Waals surface area contributed by atoms with Crippen molar-refractivity contribution < 1.29 is 18.3 Å². The predicted octanol–water partition coefficient (Wildman–Crippen LogP) is 2.50. The van der Waals surface area contributed by atoms with Gasteiger partial charge in [0.1, 0.15) is 20.3 Å². The number of nitrogens with two attached hydrogens (primary N) is 1. The Morgan fingerprint density at radius 3 is 2.81 bits per heavy atom. The van der Waals surface area contributed by atoms with E-state index in [1.54, 1.807) is 24.1 Å². The molecule has 1 aliphatic rings. The molecule has 3 aromatic rings. The summed E-state index contributed by atoms with van der Waals surface area (Å²) in [6.45, 7) is 2.57. The van der Waals surface area contributed by atoms with E-state index in [1.807, 2.05) is 13.0 Å². The van der Waals surface area contributed by atoms with Crippen LogP contribution in [0.5, 0.6) is 0 Å². The van der Waals surface area contributed by atoms with Crippen molar-refractivity contribution in [1.29, 1.82) is 0 Å². The minimum atomic E-state index is -3.53. The molecule has 11 heteroatoms. The number of carbonyl (C=O) groups excluding carboxylic acids is 1. The number of rotatable bonds is 8. The number of thiophene rings is 1. The number of nitrogens with one attached hydrogen (secondary N) is 1. The Morgan fingerprint density at radius 2 is 2.09 bits per heavy atom. The van der Waals surface area contributed by atoms with E-state index in [1.165, 1.54) is 0 Å². The van der Waals surface area contributed by atoms with Crippen LogP contribution in [0.1, 0.15) is 35.7 Å². The summed E-state index contributed by atoms with van der Waals surface area (Å²) in [5, 5.41) is 12.3. The minimum absolute atomic E-state index is 0.0232. The summed E-state index contributed by atoms with van der Waals surface area (Å²) in [4.78, 5) is 23.6. The van der Waals surface area contributed by atoms with E-state index < -0.39 is 9.84 Å². The highest BCUT2D eigenvalue weighted by Crippen LogP contribution is 2.39. The molecule has 0 saturated heterocycles. The van der Waals surface area contributed by atoms with Crippen LogP contribution in [0.25, 0.3) is 21.6 Å². The predicted molar refractivity (Wildman–Crippen MR) is 126 cm³/mol. The minimum Gasteiger partial charge on any atom is -0.395 e. The number of aromatic nitrogens is 2. The van der Waals surface area contributed by atoms with Gasteiger partial charge in [-0.3, -0.25) is 4.79 Å². The third-order valence-corrected chi connectivity index (χ3v) is 8.85. The molecule has 0 saturated carbocycles. The lowest BCUT2D eigenvalue weighted by atomic mass is 10.0. The summed E-state index contributed by atoms with van der Waals surface area (Å²) < 4.78 is 25.6. The van der Waals surface area contributed by atoms with Gasteiger partial charge in [0.05, 0.1) is 18.0 Å². The van der Waals surface area contributed by atoms with Gasteiger partial charge in [-0.15, -0.1) is 0 Å². The van der Waals surface area contributed by atoms with Crippen molar-refractivity contribution in [2.45, 2.75) is 30.5 Å². The Labute approximate surface area is 190 Å². The first-order valence-corrected chi connectivity index (χ1v) is 12.8. The zero-order chi connectivity index (χ0) is 23.0. The van der Waals surface area contributed by atoms with E-state index in [2.05, 4.69) is 10.3 Å². The highest BCUT2D eigenvalue weighted by Gasteiger charge is 2.27. The molecule has 0 spiro atoms. The van der Waals surface area contributed by atoms with Crippen LogP contribution in [-0.2, 0) is 16.4 Å². The van der Waals surface area contributed by atoms with Gasteiger partial charge in [-0.25, -0.2) is 18.4 Å². The highest BCUT2D eigenvalue weighted by molar-refractivity contribution is 7.93. The second-order valence-corrected chi connectivity index (χ2v) is 11.0. The fourth-order valence-corrected chi connectivity index (χ4v) is 6.73. The molecule has 0 aliphatic carbocycles. The first kappa shape index (κ1) is 22.4. The molecule has 3 heterocycles. The molecule has 170 valence electrons. The molecule has 9 nitrogen and oxygen atoms in total. The van der Waals surface area contributed by atoms with Crippen LogP contribution in [0.3, 0.4) is 0 Å². The number of aliphatic hydroxyl groups excluding tert-OH is 1. The van der Waals surface area contributed by atoms with Crippen LogP contribution in [-0.4, -0.2) is 60.3 Å². The van der Waals surface area contributed by atoms with Crippen LogP contribution in [0.2, 0.25) is 0 Å². The molecule has 4 N–H and O–H groups in total. The average molecular weight is 476 g/mol. The van der Waals surface area contributed by atoms with Crippen LogP contribution in [0.4, 0.5) is 11.5 Å². The zero-order valence-corrected chi connectivity index (χ0v) is 19.5. The summed E-state index contributed by atoms with van der Waals surface area (Å²) >= 11 is 1.01. The summed E-state index contributed by atoms with van der Waals surface area (Å²) in [6.07, 6.45) is 1.31. The number of aliphatic hydroxyl groups is 1. The molecule has 1 aromatic carbocycles. The molecule has 32 heavy (non-hydrogen) atoms. The maximum Gasteiger partial charge on any atom is 0.254 e. The van der Waals surface area contributed by atoms with Gasteiger partial charge in [0.25, 0.3) is 5.91 Å². The van der Waals surface area contributed by atoms with Gasteiger partial charge < -0.3 is 21.1 Å². The van der Waals surface area contributed by atoms with Crippen molar-refractivity contribution >= 4 is 48.9 Å². The maximum atomic E-state index is 12.8. The second-order valence-electron chi connectivity index (χ2n) is 7.73. The van der Waals surface area contributed by atoms with E-state index in [-0.39, 0.29) is 34.7 Å². The van der Waals surface area contributed by atoms with E-state index in [4.69, 9.17) is 10.7 Å². The fraction of sp³-hybridized carbons (Fsp3) is 0.381. The number of carbonyl (C=O) groups is 1. The number of amides is 1. The van der Waals surface area contributed by atoms with E-state index >= 15 is 0 Å². The standard InChI is InChI=1S/C21H25N5O4S2/c1-3-4-9-32(29,30)21-15(22)17-19(31-21)25-18(23-7-8-27)16(24-17)12-5-6-14-13(10-12)11-26(2)20(14)28/h5-6,10,27H,3-4,7-9,11,22H2,1-2H3,(H,23,25). The smallest absolute Gasteiger partial charge is 0.254 e. The quantitative estimate of drug-likeness (QED) is 0.452. The monoisotopic (exact) mass is 475 g/mol. The number of nitrogen functional groups attached to an aromatic ring is 1. The van der Waals surface area contributed by atoms with Gasteiger partial charge in [0.2, 0.25) is 0 Å². The lowest BCUT2D eigenvalue weighted by molar-refractivity contribution is 0.0816. The Bertz CT molecular complexity index is 1300. The Hall–Kier alpha value is -2.76. The molecular weight excluding hydrogens is 450 g/mol. The third kappa shape index (κ3) is 3.91. The lowest BCUT2D eigenvalue weighted by Gasteiger charge is -2.11. The van der Waals surface area contributed by atoms with Crippen molar-refractivity contribution in [3.05, 3.63) is 29.3 Å². The SMILES string of the molecule is CCCCS(=O)(=O)c1sc2nc(NCCO)c(-c3ccc4c(c3)CN(C)C4=O)nc2c1N. The molecule has 2 aromatic heterocycles. The normalized spacial score (nSPS) is 13.7. The number of fused-ring (bicyclic) bond motifs is 2. The van der Waals surface area contributed by atoms with Gasteiger partial charge >= 0.3 is 0 Å².